The van der Waals surface area contributed by atoms with E-state index >= 15 is 0 Å². The lowest BCUT2D eigenvalue weighted by Crippen LogP contribution is -2.46. The molecule has 158 valence electrons. The summed E-state index contributed by atoms with van der Waals surface area (Å²) in [6.07, 6.45) is 5.62. The minimum atomic E-state index is -0.237. The van der Waals surface area contributed by atoms with Crippen LogP contribution in [-0.4, -0.2) is 54.2 Å². The number of carbonyl (C=O) groups excluding carboxylic acids is 1. The molecule has 1 saturated heterocycles. The molecule has 0 aromatic heterocycles. The molecule has 0 radical (unpaired) electrons. The lowest BCUT2D eigenvalue weighted by Gasteiger charge is -2.36. The summed E-state index contributed by atoms with van der Waals surface area (Å²) in [7, 11) is 0. The molecule has 1 amide bonds. The van der Waals surface area contributed by atoms with E-state index in [-0.39, 0.29) is 11.6 Å². The fourth-order valence-electron chi connectivity index (χ4n) is 3.85. The number of nitrogens with zero attached hydrogens (tertiary/aromatic N) is 2. The Labute approximate surface area is 171 Å². The average Bonchev–Trinajstić information content (AvgIpc) is 2.68. The Bertz CT molecular complexity index is 563. The third-order valence-electron chi connectivity index (χ3n) is 5.61. The first-order valence-electron chi connectivity index (χ1n) is 10.8. The third-order valence-corrected chi connectivity index (χ3v) is 5.61. The summed E-state index contributed by atoms with van der Waals surface area (Å²) >= 11 is 0. The molecule has 0 spiro atoms. The van der Waals surface area contributed by atoms with Gasteiger partial charge in [-0.25, -0.2) is 4.79 Å². The Morgan fingerprint density at radius 3 is 2.46 bits per heavy atom. The highest BCUT2D eigenvalue weighted by molar-refractivity contribution is 5.68. The van der Waals surface area contributed by atoms with Crippen LogP contribution >= 0.6 is 0 Å². The number of rotatable bonds is 9. The van der Waals surface area contributed by atoms with Crippen molar-refractivity contribution in [2.24, 2.45) is 11.7 Å². The summed E-state index contributed by atoms with van der Waals surface area (Å²) < 4.78 is 5.58. The van der Waals surface area contributed by atoms with Crippen LogP contribution in [0.1, 0.15) is 58.4 Å². The molecule has 1 aromatic rings. The Morgan fingerprint density at radius 2 is 1.86 bits per heavy atom. The maximum atomic E-state index is 12.7. The van der Waals surface area contributed by atoms with Gasteiger partial charge in [-0.15, -0.1) is 0 Å². The predicted octanol–water partition coefficient (Wildman–Crippen LogP) is 4.26. The van der Waals surface area contributed by atoms with E-state index < -0.39 is 0 Å². The highest BCUT2D eigenvalue weighted by atomic mass is 16.6. The molecule has 0 unspecified atom stereocenters. The van der Waals surface area contributed by atoms with E-state index in [1.54, 1.807) is 0 Å². The first-order valence-corrected chi connectivity index (χ1v) is 10.8. The van der Waals surface area contributed by atoms with Crippen molar-refractivity contribution in [3.05, 3.63) is 35.9 Å². The van der Waals surface area contributed by atoms with Crippen LogP contribution in [0.5, 0.6) is 0 Å². The molecule has 1 aliphatic rings. The first-order chi connectivity index (χ1) is 13.4. The molecule has 5 heteroatoms. The zero-order valence-electron chi connectivity index (χ0n) is 18.0. The Kier molecular flexibility index (Phi) is 9.26. The predicted molar refractivity (Wildman–Crippen MR) is 115 cm³/mol. The smallest absolute Gasteiger partial charge is 0.410 e. The number of ether oxygens (including phenoxy) is 1. The molecule has 0 bridgehead atoms. The van der Waals surface area contributed by atoms with Crippen molar-refractivity contribution >= 4 is 6.09 Å². The minimum absolute atomic E-state index is 0.215. The van der Waals surface area contributed by atoms with Crippen molar-refractivity contribution in [1.29, 1.82) is 0 Å². The van der Waals surface area contributed by atoms with Crippen molar-refractivity contribution in [3.63, 3.8) is 0 Å². The molecule has 5 nitrogen and oxygen atoms in total. The molecule has 2 N–H and O–H groups in total. The summed E-state index contributed by atoms with van der Waals surface area (Å²) in [5, 5.41) is 0. The normalized spacial score (nSPS) is 16.1. The van der Waals surface area contributed by atoms with E-state index in [4.69, 9.17) is 10.5 Å². The van der Waals surface area contributed by atoms with Crippen LogP contribution < -0.4 is 5.73 Å². The van der Waals surface area contributed by atoms with Crippen molar-refractivity contribution < 1.29 is 9.53 Å². The minimum Gasteiger partial charge on any atom is -0.445 e. The van der Waals surface area contributed by atoms with Crippen LogP contribution in [0.4, 0.5) is 4.79 Å². The first kappa shape index (κ1) is 22.7. The van der Waals surface area contributed by atoms with Crippen molar-refractivity contribution in [2.75, 3.05) is 32.7 Å². The van der Waals surface area contributed by atoms with Gasteiger partial charge < -0.3 is 20.3 Å². The summed E-state index contributed by atoms with van der Waals surface area (Å²) in [5.41, 5.74) is 6.39. The van der Waals surface area contributed by atoms with Gasteiger partial charge in [0.2, 0.25) is 0 Å². The quantitative estimate of drug-likeness (QED) is 0.685. The summed E-state index contributed by atoms with van der Waals surface area (Å²) in [4.78, 5) is 17.1. The van der Waals surface area contributed by atoms with Gasteiger partial charge >= 0.3 is 6.09 Å². The summed E-state index contributed by atoms with van der Waals surface area (Å²) in [5.74, 6) is 0.774. The van der Waals surface area contributed by atoms with Crippen LogP contribution in [0.2, 0.25) is 0 Å². The van der Waals surface area contributed by atoms with Gasteiger partial charge in [0, 0.05) is 12.1 Å². The van der Waals surface area contributed by atoms with Gasteiger partial charge in [-0.2, -0.15) is 0 Å². The second kappa shape index (κ2) is 11.4. The van der Waals surface area contributed by atoms with E-state index in [1.165, 1.54) is 32.4 Å². The maximum Gasteiger partial charge on any atom is 0.410 e. The van der Waals surface area contributed by atoms with E-state index in [2.05, 4.69) is 25.7 Å². The number of likely N-dealkylation sites (tertiary alicyclic amines) is 1. The topological polar surface area (TPSA) is 58.8 Å². The van der Waals surface area contributed by atoms with Crippen LogP contribution in [0.15, 0.2) is 30.3 Å². The Hall–Kier alpha value is -1.59. The van der Waals surface area contributed by atoms with E-state index in [9.17, 15) is 4.79 Å². The van der Waals surface area contributed by atoms with Gasteiger partial charge in [-0.3, -0.25) is 0 Å². The van der Waals surface area contributed by atoms with Crippen LogP contribution in [0, 0.1) is 5.92 Å². The monoisotopic (exact) mass is 389 g/mol. The summed E-state index contributed by atoms with van der Waals surface area (Å²) in [6.45, 7) is 11.6. The van der Waals surface area contributed by atoms with Gasteiger partial charge in [0.1, 0.15) is 6.61 Å². The molecule has 1 fully saturated rings. The molecular weight excluding hydrogens is 350 g/mol. The standard InChI is InChI=1S/C23H39N3O2/c1-23(2,3)26(22(27)28-19-21-9-5-4-6-10-21)16-7-11-20-12-17-25(18-13-20)15-8-14-24/h4-6,9-10,20H,7-8,11-19,24H2,1-3H3. The lowest BCUT2D eigenvalue weighted by atomic mass is 9.91. The van der Waals surface area contributed by atoms with Gasteiger partial charge in [0.25, 0.3) is 0 Å². The number of benzene rings is 1. The number of hydrogen-bond acceptors (Lipinski definition) is 4. The lowest BCUT2D eigenvalue weighted by molar-refractivity contribution is 0.0605. The third kappa shape index (κ3) is 7.80. The highest BCUT2D eigenvalue weighted by Gasteiger charge is 2.28. The van der Waals surface area contributed by atoms with Gasteiger partial charge in [-0.05, 0) is 90.5 Å². The van der Waals surface area contributed by atoms with Crippen LogP contribution in [-0.2, 0) is 11.3 Å². The molecule has 1 aliphatic heterocycles. The van der Waals surface area contributed by atoms with E-state index in [0.717, 1.165) is 44.0 Å². The number of piperidine rings is 1. The molecule has 1 heterocycles. The van der Waals surface area contributed by atoms with Crippen molar-refractivity contribution in [2.45, 2.75) is 65.0 Å². The Balaban J connectivity index is 1.74. The number of amides is 1. The molecule has 0 atom stereocenters. The SMILES string of the molecule is CC(C)(C)N(CCCC1CCN(CCCN)CC1)C(=O)OCc1ccccc1. The molecule has 0 saturated carbocycles. The number of carbonyl (C=O) groups is 1. The summed E-state index contributed by atoms with van der Waals surface area (Å²) in [6, 6.07) is 9.86. The zero-order chi connectivity index (χ0) is 20.4. The maximum absolute atomic E-state index is 12.7. The largest absolute Gasteiger partial charge is 0.445 e. The van der Waals surface area contributed by atoms with Crippen molar-refractivity contribution in [1.82, 2.24) is 9.80 Å². The van der Waals surface area contributed by atoms with E-state index in [1.807, 2.05) is 35.2 Å². The Morgan fingerprint density at radius 1 is 1.18 bits per heavy atom. The second-order valence-electron chi connectivity index (χ2n) is 8.93. The molecule has 2 rings (SSSR count). The van der Waals surface area contributed by atoms with Crippen LogP contribution in [0.3, 0.4) is 0 Å². The second-order valence-corrected chi connectivity index (χ2v) is 8.93. The van der Waals surface area contributed by atoms with Crippen molar-refractivity contribution in [3.8, 4) is 0 Å². The van der Waals surface area contributed by atoms with Gasteiger partial charge in [0.05, 0.1) is 0 Å². The number of nitrogens with two attached hydrogens (primary N) is 1. The average molecular weight is 390 g/mol. The van der Waals surface area contributed by atoms with Gasteiger partial charge in [0.15, 0.2) is 0 Å². The highest BCUT2D eigenvalue weighted by Crippen LogP contribution is 2.24. The van der Waals surface area contributed by atoms with E-state index in [0.29, 0.717) is 6.61 Å². The fraction of sp³-hybridized carbons (Fsp3) is 0.696. The molecule has 1 aromatic carbocycles. The molecular formula is C23H39N3O2. The van der Waals surface area contributed by atoms with Crippen LogP contribution in [0.25, 0.3) is 0 Å². The zero-order valence-corrected chi connectivity index (χ0v) is 18.0. The molecule has 0 aliphatic carbocycles. The molecule has 28 heavy (non-hydrogen) atoms. The fourth-order valence-corrected chi connectivity index (χ4v) is 3.85. The number of hydrogen-bond donors (Lipinski definition) is 1. The van der Waals surface area contributed by atoms with Gasteiger partial charge in [-0.1, -0.05) is 30.3 Å².